The molecule has 1 amide bonds. The Balaban J connectivity index is 1.92. The van der Waals surface area contributed by atoms with Gasteiger partial charge in [0.1, 0.15) is 0 Å². The summed E-state index contributed by atoms with van der Waals surface area (Å²) in [4.78, 5) is 14.3. The van der Waals surface area contributed by atoms with Gasteiger partial charge in [0, 0.05) is 25.4 Å². The SMILES string of the molecule is CCCOC1CCCN(C(=O)c2cn[nH]c2C)CC1. The second-order valence-electron chi connectivity index (χ2n) is 5.12. The number of nitrogens with one attached hydrogen (secondary N) is 1. The summed E-state index contributed by atoms with van der Waals surface area (Å²) < 4.78 is 5.80. The summed E-state index contributed by atoms with van der Waals surface area (Å²) in [6.45, 7) is 6.41. The van der Waals surface area contributed by atoms with Gasteiger partial charge in [0.2, 0.25) is 0 Å². The van der Waals surface area contributed by atoms with E-state index in [1.54, 1.807) is 6.20 Å². The molecule has 5 heteroatoms. The first-order valence-electron chi connectivity index (χ1n) is 7.13. The molecule has 0 saturated carbocycles. The fourth-order valence-electron chi connectivity index (χ4n) is 2.46. The number of likely N-dealkylation sites (tertiary alicyclic amines) is 1. The van der Waals surface area contributed by atoms with Crippen molar-refractivity contribution in [1.29, 1.82) is 0 Å². The van der Waals surface area contributed by atoms with E-state index in [0.717, 1.165) is 51.1 Å². The van der Waals surface area contributed by atoms with Crippen LogP contribution in [0.4, 0.5) is 0 Å². The number of hydrogen-bond acceptors (Lipinski definition) is 3. The first-order valence-corrected chi connectivity index (χ1v) is 7.13. The summed E-state index contributed by atoms with van der Waals surface area (Å²) in [6.07, 6.45) is 5.97. The fraction of sp³-hybridized carbons (Fsp3) is 0.714. The predicted octanol–water partition coefficient (Wildman–Crippen LogP) is 2.14. The van der Waals surface area contributed by atoms with Crippen molar-refractivity contribution in [2.24, 2.45) is 0 Å². The van der Waals surface area contributed by atoms with Gasteiger partial charge in [0.25, 0.3) is 5.91 Å². The second-order valence-corrected chi connectivity index (χ2v) is 5.12. The maximum absolute atomic E-state index is 12.4. The largest absolute Gasteiger partial charge is 0.378 e. The van der Waals surface area contributed by atoms with E-state index in [4.69, 9.17) is 4.74 Å². The summed E-state index contributed by atoms with van der Waals surface area (Å²) in [5.41, 5.74) is 1.53. The van der Waals surface area contributed by atoms with E-state index in [1.807, 2.05) is 11.8 Å². The van der Waals surface area contributed by atoms with Crippen LogP contribution in [-0.4, -0.2) is 46.8 Å². The number of nitrogens with zero attached hydrogens (tertiary/aromatic N) is 2. The van der Waals surface area contributed by atoms with Crippen LogP contribution in [0.1, 0.15) is 48.7 Å². The molecule has 5 nitrogen and oxygen atoms in total. The van der Waals surface area contributed by atoms with Crippen LogP contribution >= 0.6 is 0 Å². The summed E-state index contributed by atoms with van der Waals surface area (Å²) >= 11 is 0. The van der Waals surface area contributed by atoms with Crippen molar-refractivity contribution in [3.05, 3.63) is 17.5 Å². The van der Waals surface area contributed by atoms with Gasteiger partial charge in [-0.3, -0.25) is 9.89 Å². The minimum Gasteiger partial charge on any atom is -0.378 e. The lowest BCUT2D eigenvalue weighted by Gasteiger charge is -2.20. The first-order chi connectivity index (χ1) is 9.22. The molecule has 1 unspecified atom stereocenters. The molecule has 0 bridgehead atoms. The third-order valence-corrected chi connectivity index (χ3v) is 3.58. The van der Waals surface area contributed by atoms with Crippen molar-refractivity contribution in [2.75, 3.05) is 19.7 Å². The second kappa shape index (κ2) is 6.70. The van der Waals surface area contributed by atoms with Crippen LogP contribution in [0.15, 0.2) is 6.20 Å². The molecule has 0 aromatic carbocycles. The zero-order valence-electron chi connectivity index (χ0n) is 11.8. The highest BCUT2D eigenvalue weighted by Gasteiger charge is 2.23. The molecule has 1 aromatic rings. The van der Waals surface area contributed by atoms with E-state index < -0.39 is 0 Å². The zero-order chi connectivity index (χ0) is 13.7. The molecular weight excluding hydrogens is 242 g/mol. The zero-order valence-corrected chi connectivity index (χ0v) is 11.8. The van der Waals surface area contributed by atoms with Crippen molar-refractivity contribution in [3.63, 3.8) is 0 Å². The number of rotatable bonds is 4. The highest BCUT2D eigenvalue weighted by molar-refractivity contribution is 5.95. The van der Waals surface area contributed by atoms with Gasteiger partial charge in [-0.05, 0) is 32.6 Å². The standard InChI is InChI=1S/C14H23N3O2/c1-3-9-19-12-5-4-7-17(8-6-12)14(18)13-10-15-16-11(13)2/h10,12H,3-9H2,1-2H3,(H,15,16). The third-order valence-electron chi connectivity index (χ3n) is 3.58. The summed E-state index contributed by atoms with van der Waals surface area (Å²) in [5.74, 6) is 0.0855. The molecule has 0 radical (unpaired) electrons. The summed E-state index contributed by atoms with van der Waals surface area (Å²) in [6, 6.07) is 0. The van der Waals surface area contributed by atoms with Gasteiger partial charge in [-0.15, -0.1) is 0 Å². The average molecular weight is 265 g/mol. The van der Waals surface area contributed by atoms with Gasteiger partial charge in [-0.2, -0.15) is 5.10 Å². The van der Waals surface area contributed by atoms with Crippen molar-refractivity contribution < 1.29 is 9.53 Å². The Hall–Kier alpha value is -1.36. The molecule has 0 spiro atoms. The Morgan fingerprint density at radius 1 is 1.53 bits per heavy atom. The highest BCUT2D eigenvalue weighted by atomic mass is 16.5. The molecule has 1 N–H and O–H groups in total. The van der Waals surface area contributed by atoms with Crippen molar-refractivity contribution in [1.82, 2.24) is 15.1 Å². The third kappa shape index (κ3) is 3.56. The van der Waals surface area contributed by atoms with Crippen LogP contribution in [0.3, 0.4) is 0 Å². The minimum absolute atomic E-state index is 0.0855. The molecule has 1 aromatic heterocycles. The average Bonchev–Trinajstić information content (AvgIpc) is 2.71. The Morgan fingerprint density at radius 3 is 3.05 bits per heavy atom. The molecule has 1 aliphatic rings. The lowest BCUT2D eigenvalue weighted by atomic mass is 10.1. The molecule has 19 heavy (non-hydrogen) atoms. The van der Waals surface area contributed by atoms with Gasteiger partial charge >= 0.3 is 0 Å². The Morgan fingerprint density at radius 2 is 2.37 bits per heavy atom. The van der Waals surface area contributed by atoms with Crippen molar-refractivity contribution in [2.45, 2.75) is 45.6 Å². The normalized spacial score (nSPS) is 20.3. The van der Waals surface area contributed by atoms with Gasteiger partial charge in [0.15, 0.2) is 0 Å². The van der Waals surface area contributed by atoms with E-state index in [1.165, 1.54) is 0 Å². The number of aromatic amines is 1. The Bertz CT molecular complexity index is 417. The molecule has 1 fully saturated rings. The minimum atomic E-state index is 0.0855. The maximum atomic E-state index is 12.4. The summed E-state index contributed by atoms with van der Waals surface area (Å²) in [5, 5.41) is 6.74. The summed E-state index contributed by atoms with van der Waals surface area (Å²) in [7, 11) is 0. The van der Waals surface area contributed by atoms with Crippen molar-refractivity contribution in [3.8, 4) is 0 Å². The van der Waals surface area contributed by atoms with Gasteiger partial charge in [0.05, 0.1) is 17.9 Å². The number of H-pyrrole nitrogens is 1. The topological polar surface area (TPSA) is 58.2 Å². The van der Waals surface area contributed by atoms with E-state index in [-0.39, 0.29) is 5.91 Å². The number of aromatic nitrogens is 2. The van der Waals surface area contributed by atoms with E-state index >= 15 is 0 Å². The number of ether oxygens (including phenoxy) is 1. The predicted molar refractivity (Wildman–Crippen MR) is 73.1 cm³/mol. The molecule has 106 valence electrons. The Kier molecular flexibility index (Phi) is 4.96. The molecule has 2 rings (SSSR count). The van der Waals surface area contributed by atoms with E-state index in [0.29, 0.717) is 11.7 Å². The lowest BCUT2D eigenvalue weighted by molar-refractivity contribution is 0.0432. The van der Waals surface area contributed by atoms with Crippen LogP contribution in [-0.2, 0) is 4.74 Å². The van der Waals surface area contributed by atoms with Gasteiger partial charge < -0.3 is 9.64 Å². The highest BCUT2D eigenvalue weighted by Crippen LogP contribution is 2.17. The maximum Gasteiger partial charge on any atom is 0.257 e. The molecule has 2 heterocycles. The van der Waals surface area contributed by atoms with Gasteiger partial charge in [-0.25, -0.2) is 0 Å². The number of amides is 1. The quantitative estimate of drug-likeness (QED) is 0.907. The molecule has 0 aliphatic carbocycles. The number of hydrogen-bond donors (Lipinski definition) is 1. The van der Waals surface area contributed by atoms with Gasteiger partial charge in [-0.1, -0.05) is 6.92 Å². The molecule has 1 atom stereocenters. The Labute approximate surface area is 114 Å². The van der Waals surface area contributed by atoms with Crippen LogP contribution in [0.2, 0.25) is 0 Å². The number of carbonyl (C=O) groups is 1. The lowest BCUT2D eigenvalue weighted by Crippen LogP contribution is -2.32. The molecule has 1 saturated heterocycles. The van der Waals surface area contributed by atoms with E-state index in [9.17, 15) is 4.79 Å². The molecule has 1 aliphatic heterocycles. The number of carbonyl (C=O) groups excluding carboxylic acids is 1. The van der Waals surface area contributed by atoms with Crippen molar-refractivity contribution >= 4 is 5.91 Å². The number of aryl methyl sites for hydroxylation is 1. The fourth-order valence-corrected chi connectivity index (χ4v) is 2.46. The molecular formula is C14H23N3O2. The smallest absolute Gasteiger partial charge is 0.257 e. The monoisotopic (exact) mass is 265 g/mol. The first kappa shape index (κ1) is 14.1. The van der Waals surface area contributed by atoms with Crippen LogP contribution in [0, 0.1) is 6.92 Å². The van der Waals surface area contributed by atoms with E-state index in [2.05, 4.69) is 17.1 Å². The van der Waals surface area contributed by atoms with Crippen LogP contribution in [0.25, 0.3) is 0 Å². The van der Waals surface area contributed by atoms with Crippen LogP contribution in [0.5, 0.6) is 0 Å². The van der Waals surface area contributed by atoms with Crippen LogP contribution < -0.4 is 0 Å².